The third-order valence-corrected chi connectivity index (χ3v) is 5.78. The maximum absolute atomic E-state index is 11.0. The van der Waals surface area contributed by atoms with Crippen LogP contribution in [0.4, 0.5) is 5.13 Å². The van der Waals surface area contributed by atoms with E-state index in [4.69, 9.17) is 14.8 Å². The van der Waals surface area contributed by atoms with E-state index in [1.165, 1.54) is 16.2 Å². The van der Waals surface area contributed by atoms with Crippen LogP contribution in [0.1, 0.15) is 25.1 Å². The third kappa shape index (κ3) is 5.81. The number of benzene rings is 1. The van der Waals surface area contributed by atoms with Gasteiger partial charge < -0.3 is 14.7 Å². The zero-order valence-corrected chi connectivity index (χ0v) is 17.6. The third-order valence-electron chi connectivity index (χ3n) is 4.02. The van der Waals surface area contributed by atoms with Gasteiger partial charge in [-0.3, -0.25) is 4.79 Å². The van der Waals surface area contributed by atoms with Gasteiger partial charge in [-0.1, -0.05) is 19.9 Å². The predicted octanol–water partition coefficient (Wildman–Crippen LogP) is 5.39. The number of nitrogens with zero attached hydrogens (tertiary/aromatic N) is 2. The van der Waals surface area contributed by atoms with E-state index in [-0.39, 0.29) is 6.42 Å². The monoisotopic (exact) mass is 416 g/mol. The number of aliphatic carboxylic acids is 1. The maximum Gasteiger partial charge on any atom is 0.305 e. The highest BCUT2D eigenvalue weighted by molar-refractivity contribution is 7.14. The topological polar surface area (TPSA) is 62.7 Å². The number of thiophene rings is 1. The summed E-state index contributed by atoms with van der Waals surface area (Å²) < 4.78 is 5.73. The fourth-order valence-electron chi connectivity index (χ4n) is 2.59. The molecule has 148 valence electrons. The minimum atomic E-state index is -0.801. The van der Waals surface area contributed by atoms with Crippen molar-refractivity contribution in [2.24, 2.45) is 5.92 Å². The molecule has 2 heterocycles. The Morgan fingerprint density at radius 2 is 2.00 bits per heavy atom. The van der Waals surface area contributed by atoms with Gasteiger partial charge in [-0.2, -0.15) is 0 Å². The van der Waals surface area contributed by atoms with Crippen LogP contribution in [-0.4, -0.2) is 29.2 Å². The van der Waals surface area contributed by atoms with Crippen LogP contribution in [0.25, 0.3) is 11.3 Å². The van der Waals surface area contributed by atoms with Crippen molar-refractivity contribution in [3.05, 3.63) is 52.0 Å². The van der Waals surface area contributed by atoms with Gasteiger partial charge >= 0.3 is 5.97 Å². The maximum atomic E-state index is 11.0. The van der Waals surface area contributed by atoms with Crippen LogP contribution < -0.4 is 9.64 Å². The molecule has 0 amide bonds. The van der Waals surface area contributed by atoms with Gasteiger partial charge in [0.15, 0.2) is 5.13 Å². The number of hydrogen-bond donors (Lipinski definition) is 1. The zero-order valence-electron chi connectivity index (χ0n) is 16.0. The molecule has 5 nitrogen and oxygen atoms in total. The first-order valence-electron chi connectivity index (χ1n) is 9.19. The number of hydrogen-bond acceptors (Lipinski definition) is 6. The Bertz CT molecular complexity index is 873. The van der Waals surface area contributed by atoms with Crippen LogP contribution in [0, 0.1) is 5.92 Å². The number of rotatable bonds is 10. The van der Waals surface area contributed by atoms with Crippen LogP contribution in [0.2, 0.25) is 0 Å². The molecular weight excluding hydrogens is 392 g/mol. The number of carboxylic acid groups (broad SMARTS) is 1. The molecule has 0 unspecified atom stereocenters. The second kappa shape index (κ2) is 9.71. The summed E-state index contributed by atoms with van der Waals surface area (Å²) >= 11 is 3.20. The lowest BCUT2D eigenvalue weighted by Gasteiger charge is -2.20. The second-order valence-corrected chi connectivity index (χ2v) is 8.76. The molecule has 1 N–H and O–H groups in total. The van der Waals surface area contributed by atoms with Gasteiger partial charge in [0.25, 0.3) is 0 Å². The Morgan fingerprint density at radius 1 is 1.21 bits per heavy atom. The number of ether oxygens (including phenoxy) is 1. The summed E-state index contributed by atoms with van der Waals surface area (Å²) in [6.45, 7) is 6.04. The van der Waals surface area contributed by atoms with Gasteiger partial charge in [0, 0.05) is 22.4 Å². The van der Waals surface area contributed by atoms with Gasteiger partial charge in [-0.25, -0.2) is 4.98 Å². The van der Waals surface area contributed by atoms with Crippen molar-refractivity contribution in [2.45, 2.75) is 26.8 Å². The molecule has 7 heteroatoms. The van der Waals surface area contributed by atoms with Crippen LogP contribution in [0.5, 0.6) is 5.75 Å². The zero-order chi connectivity index (χ0) is 19.9. The molecule has 3 aromatic rings. The molecule has 0 radical (unpaired) electrons. The lowest BCUT2D eigenvalue weighted by atomic mass is 10.2. The number of carbonyl (C=O) groups is 1. The molecule has 28 heavy (non-hydrogen) atoms. The van der Waals surface area contributed by atoms with Gasteiger partial charge in [-0.05, 0) is 41.6 Å². The quantitative estimate of drug-likeness (QED) is 0.480. The van der Waals surface area contributed by atoms with E-state index in [1.807, 2.05) is 46.0 Å². The van der Waals surface area contributed by atoms with Gasteiger partial charge in [0.2, 0.25) is 0 Å². The molecule has 0 spiro atoms. The molecule has 0 fully saturated rings. The van der Waals surface area contributed by atoms with Crippen LogP contribution in [0.3, 0.4) is 0 Å². The molecule has 0 bridgehead atoms. The summed E-state index contributed by atoms with van der Waals surface area (Å²) in [6, 6.07) is 12.0. The summed E-state index contributed by atoms with van der Waals surface area (Å²) in [6.07, 6.45) is 0.0855. The summed E-state index contributed by atoms with van der Waals surface area (Å²) in [5.41, 5.74) is 1.91. The Labute approximate surface area is 173 Å². The smallest absolute Gasteiger partial charge is 0.305 e. The first-order chi connectivity index (χ1) is 13.5. The second-order valence-electron chi connectivity index (χ2n) is 6.89. The van der Waals surface area contributed by atoms with Crippen LogP contribution >= 0.6 is 22.7 Å². The normalized spacial score (nSPS) is 11.0. The van der Waals surface area contributed by atoms with E-state index in [0.29, 0.717) is 25.6 Å². The number of aromatic nitrogens is 1. The minimum Gasteiger partial charge on any atom is -0.493 e. The van der Waals surface area contributed by atoms with Crippen LogP contribution in [0.15, 0.2) is 47.2 Å². The highest BCUT2D eigenvalue weighted by Crippen LogP contribution is 2.30. The van der Waals surface area contributed by atoms with E-state index in [2.05, 4.69) is 19.9 Å². The molecule has 0 saturated heterocycles. The lowest BCUT2D eigenvalue weighted by Crippen LogP contribution is -2.25. The van der Waals surface area contributed by atoms with Crippen molar-refractivity contribution in [1.82, 2.24) is 4.98 Å². The Morgan fingerprint density at radius 3 is 2.64 bits per heavy atom. The van der Waals surface area contributed by atoms with Gasteiger partial charge in [-0.15, -0.1) is 22.7 Å². The van der Waals surface area contributed by atoms with Crippen molar-refractivity contribution in [3.8, 4) is 17.0 Å². The average molecular weight is 417 g/mol. The number of thiazole rings is 1. The molecule has 3 rings (SSSR count). The van der Waals surface area contributed by atoms with E-state index in [9.17, 15) is 4.79 Å². The lowest BCUT2D eigenvalue weighted by molar-refractivity contribution is -0.136. The van der Waals surface area contributed by atoms with E-state index >= 15 is 0 Å². The van der Waals surface area contributed by atoms with Crippen LogP contribution in [-0.2, 0) is 11.3 Å². The Balaban J connectivity index is 1.72. The SMILES string of the molecule is CC(C)COc1ccc(-c2csc(N(CCC(=O)O)Cc3cccs3)n2)cc1. The largest absolute Gasteiger partial charge is 0.493 e. The number of carboxylic acids is 1. The van der Waals surface area contributed by atoms with Crippen molar-refractivity contribution < 1.29 is 14.6 Å². The highest BCUT2D eigenvalue weighted by Gasteiger charge is 2.15. The molecular formula is C21H24N2O3S2. The Kier molecular flexibility index (Phi) is 7.06. The van der Waals surface area contributed by atoms with Gasteiger partial charge in [0.05, 0.1) is 25.3 Å². The van der Waals surface area contributed by atoms with E-state index in [0.717, 1.165) is 22.1 Å². The molecule has 2 aromatic heterocycles. The average Bonchev–Trinajstić information content (AvgIpc) is 3.35. The predicted molar refractivity (Wildman–Crippen MR) is 116 cm³/mol. The van der Waals surface area contributed by atoms with Crippen molar-refractivity contribution in [3.63, 3.8) is 0 Å². The summed E-state index contributed by atoms with van der Waals surface area (Å²) in [5.74, 6) is 0.541. The summed E-state index contributed by atoms with van der Waals surface area (Å²) in [7, 11) is 0. The first kappa shape index (κ1) is 20.4. The summed E-state index contributed by atoms with van der Waals surface area (Å²) in [5, 5.41) is 14.0. The fraction of sp³-hybridized carbons (Fsp3) is 0.333. The first-order valence-corrected chi connectivity index (χ1v) is 10.9. The summed E-state index contributed by atoms with van der Waals surface area (Å²) in [4.78, 5) is 19.0. The van der Waals surface area contributed by atoms with Crippen molar-refractivity contribution in [2.75, 3.05) is 18.1 Å². The molecule has 1 aromatic carbocycles. The Hall–Kier alpha value is -2.38. The van der Waals surface area contributed by atoms with Crippen molar-refractivity contribution in [1.29, 1.82) is 0 Å². The standard InChI is InChI=1S/C21H24N2O3S2/c1-15(2)13-26-17-7-5-16(6-8-17)19-14-28-21(22-19)23(10-9-20(24)25)12-18-4-3-11-27-18/h3-8,11,14-15H,9-10,12-13H2,1-2H3,(H,24,25). The molecule has 0 aliphatic heterocycles. The van der Waals surface area contributed by atoms with E-state index < -0.39 is 5.97 Å². The van der Waals surface area contributed by atoms with Gasteiger partial charge in [0.1, 0.15) is 5.75 Å². The molecule has 0 aliphatic rings. The fourth-order valence-corrected chi connectivity index (χ4v) is 4.17. The molecule has 0 saturated carbocycles. The van der Waals surface area contributed by atoms with E-state index in [1.54, 1.807) is 11.3 Å². The number of anilines is 1. The highest BCUT2D eigenvalue weighted by atomic mass is 32.1. The minimum absolute atomic E-state index is 0.0855. The van der Waals surface area contributed by atoms with Crippen molar-refractivity contribution >= 4 is 33.8 Å². The molecule has 0 aliphatic carbocycles. The molecule has 0 atom stereocenters.